The van der Waals surface area contributed by atoms with Crippen molar-refractivity contribution in [2.75, 3.05) is 18.9 Å². The number of carbonyl (C=O) groups is 1. The van der Waals surface area contributed by atoms with E-state index in [1.165, 1.54) is 0 Å². The third-order valence-corrected chi connectivity index (χ3v) is 3.55. The average Bonchev–Trinajstić information content (AvgIpc) is 2.38. The van der Waals surface area contributed by atoms with Crippen LogP contribution in [0.4, 0.5) is 5.69 Å². The highest BCUT2D eigenvalue weighted by Crippen LogP contribution is 2.22. The molecular formula is C13H18BrN3OS. The molecule has 1 unspecified atom stereocenters. The highest BCUT2D eigenvalue weighted by Gasteiger charge is 2.17. The first-order valence-electron chi connectivity index (χ1n) is 5.97. The van der Waals surface area contributed by atoms with Crippen molar-refractivity contribution in [3.8, 4) is 0 Å². The lowest BCUT2D eigenvalue weighted by atomic mass is 10.1. The molecule has 0 aliphatic heterocycles. The van der Waals surface area contributed by atoms with Crippen LogP contribution >= 0.6 is 28.1 Å². The van der Waals surface area contributed by atoms with Crippen molar-refractivity contribution in [2.45, 2.75) is 19.9 Å². The maximum absolute atomic E-state index is 12.0. The number of anilines is 1. The van der Waals surface area contributed by atoms with E-state index in [2.05, 4.69) is 21.2 Å². The zero-order valence-electron chi connectivity index (χ0n) is 11.2. The summed E-state index contributed by atoms with van der Waals surface area (Å²) in [4.78, 5) is 14.0. The number of nitrogens with one attached hydrogen (secondary N) is 1. The number of hydrogen-bond acceptors (Lipinski definition) is 3. The van der Waals surface area contributed by atoms with Crippen molar-refractivity contribution in [2.24, 2.45) is 5.73 Å². The molecule has 1 aromatic carbocycles. The second-order valence-corrected chi connectivity index (χ2v) is 5.63. The minimum Gasteiger partial charge on any atom is -0.389 e. The van der Waals surface area contributed by atoms with E-state index in [9.17, 15) is 4.79 Å². The normalized spacial score (nSPS) is 11.8. The van der Waals surface area contributed by atoms with Crippen LogP contribution < -0.4 is 11.1 Å². The molecule has 1 atom stereocenters. The summed E-state index contributed by atoms with van der Waals surface area (Å²) < 4.78 is 0.894. The Morgan fingerprint density at radius 2 is 2.21 bits per heavy atom. The van der Waals surface area contributed by atoms with Gasteiger partial charge in [-0.1, -0.05) is 28.1 Å². The summed E-state index contributed by atoms with van der Waals surface area (Å²) in [5, 5.41) is 3.15. The number of nitrogens with two attached hydrogens (primary N) is 1. The monoisotopic (exact) mass is 343 g/mol. The molecule has 0 bridgehead atoms. The zero-order chi connectivity index (χ0) is 14.6. The summed E-state index contributed by atoms with van der Waals surface area (Å²) in [7, 11) is 1.77. The largest absolute Gasteiger partial charge is 0.389 e. The second-order valence-electron chi connectivity index (χ2n) is 4.27. The number of carbonyl (C=O) groups excluding carboxylic acids is 1. The number of halogens is 1. The van der Waals surface area contributed by atoms with Crippen LogP contribution in [0.15, 0.2) is 22.7 Å². The Morgan fingerprint density at radius 1 is 1.58 bits per heavy atom. The Morgan fingerprint density at radius 3 is 2.74 bits per heavy atom. The van der Waals surface area contributed by atoms with E-state index in [0.717, 1.165) is 15.7 Å². The zero-order valence-corrected chi connectivity index (χ0v) is 13.6. The van der Waals surface area contributed by atoms with Gasteiger partial charge in [-0.2, -0.15) is 0 Å². The van der Waals surface area contributed by atoms with Gasteiger partial charge in [-0.3, -0.25) is 4.79 Å². The molecule has 0 fully saturated rings. The molecule has 4 nitrogen and oxygen atoms in total. The van der Waals surface area contributed by atoms with Crippen LogP contribution in [0.2, 0.25) is 0 Å². The van der Waals surface area contributed by atoms with Gasteiger partial charge in [0.1, 0.15) is 11.0 Å². The fraction of sp³-hybridized carbons (Fsp3) is 0.385. The lowest BCUT2D eigenvalue weighted by Gasteiger charge is -2.22. The minimum absolute atomic E-state index is 0.0271. The van der Waals surface area contributed by atoms with Crippen LogP contribution in [0.5, 0.6) is 0 Å². The van der Waals surface area contributed by atoms with Crippen LogP contribution in [-0.2, 0) is 4.79 Å². The van der Waals surface area contributed by atoms with Gasteiger partial charge in [-0.25, -0.2) is 0 Å². The second kappa shape index (κ2) is 6.86. The third kappa shape index (κ3) is 4.18. The lowest BCUT2D eigenvalue weighted by molar-refractivity contribution is -0.130. The number of rotatable bonds is 5. The minimum atomic E-state index is -0.334. The maximum Gasteiger partial charge on any atom is 0.244 e. The van der Waals surface area contributed by atoms with Crippen molar-refractivity contribution in [1.29, 1.82) is 0 Å². The Bertz CT molecular complexity index is 493. The number of hydrogen-bond donors (Lipinski definition) is 2. The molecule has 0 aromatic heterocycles. The summed E-state index contributed by atoms with van der Waals surface area (Å²) in [6.45, 7) is 4.43. The first-order chi connectivity index (χ1) is 8.86. The van der Waals surface area contributed by atoms with Crippen molar-refractivity contribution in [1.82, 2.24) is 4.90 Å². The van der Waals surface area contributed by atoms with Crippen LogP contribution in [0.3, 0.4) is 0 Å². The van der Waals surface area contributed by atoms with Gasteiger partial charge in [0.2, 0.25) is 5.91 Å². The smallest absolute Gasteiger partial charge is 0.244 e. The Hall–Kier alpha value is -1.14. The third-order valence-electron chi connectivity index (χ3n) is 2.84. The molecule has 3 N–H and O–H groups in total. The Labute approximate surface area is 127 Å². The van der Waals surface area contributed by atoms with Crippen LogP contribution in [0.25, 0.3) is 0 Å². The molecule has 1 aromatic rings. The van der Waals surface area contributed by atoms with Crippen LogP contribution in [0.1, 0.15) is 19.4 Å². The van der Waals surface area contributed by atoms with E-state index in [1.807, 2.05) is 32.0 Å². The number of nitrogens with zero attached hydrogens (tertiary/aromatic N) is 1. The van der Waals surface area contributed by atoms with Gasteiger partial charge < -0.3 is 16.0 Å². The molecule has 104 valence electrons. The fourth-order valence-corrected chi connectivity index (χ4v) is 2.16. The van der Waals surface area contributed by atoms with Crippen molar-refractivity contribution < 1.29 is 4.79 Å². The van der Waals surface area contributed by atoms with Crippen LogP contribution in [-0.4, -0.2) is 35.4 Å². The van der Waals surface area contributed by atoms with Crippen molar-refractivity contribution in [3.63, 3.8) is 0 Å². The van der Waals surface area contributed by atoms with E-state index in [-0.39, 0.29) is 11.9 Å². The number of thiocarbonyl (C=S) groups is 1. The molecule has 1 amide bonds. The standard InChI is InChI=1S/C13H18BrN3OS/c1-4-17(3)13(18)8(2)16-11-6-5-9(14)7-10(11)12(15)19/h5-8,16H,4H2,1-3H3,(H2,15,19). The maximum atomic E-state index is 12.0. The lowest BCUT2D eigenvalue weighted by Crippen LogP contribution is -2.39. The van der Waals surface area contributed by atoms with Crippen molar-refractivity contribution in [3.05, 3.63) is 28.2 Å². The van der Waals surface area contributed by atoms with Gasteiger partial charge in [0.05, 0.1) is 0 Å². The highest BCUT2D eigenvalue weighted by molar-refractivity contribution is 9.10. The molecule has 0 saturated carbocycles. The first kappa shape index (κ1) is 15.9. The Kier molecular flexibility index (Phi) is 5.75. The molecular weight excluding hydrogens is 326 g/mol. The van der Waals surface area contributed by atoms with Gasteiger partial charge in [-0.05, 0) is 32.0 Å². The molecule has 0 aliphatic rings. The molecule has 6 heteroatoms. The SMILES string of the molecule is CCN(C)C(=O)C(C)Nc1ccc(Br)cc1C(N)=S. The molecule has 0 saturated heterocycles. The molecule has 0 aliphatic carbocycles. The van der Waals surface area contributed by atoms with E-state index in [4.69, 9.17) is 18.0 Å². The van der Waals surface area contributed by atoms with Gasteiger partial charge in [0, 0.05) is 29.3 Å². The molecule has 0 radical (unpaired) electrons. The van der Waals surface area contributed by atoms with Gasteiger partial charge in [0.25, 0.3) is 0 Å². The fourth-order valence-electron chi connectivity index (χ4n) is 1.63. The molecule has 1 rings (SSSR count). The van der Waals surface area contributed by atoms with Crippen LogP contribution in [0, 0.1) is 0 Å². The topological polar surface area (TPSA) is 58.4 Å². The molecule has 0 heterocycles. The van der Waals surface area contributed by atoms with E-state index in [1.54, 1.807) is 11.9 Å². The predicted molar refractivity (Wildman–Crippen MR) is 86.4 cm³/mol. The summed E-state index contributed by atoms with van der Waals surface area (Å²) >= 11 is 8.40. The van der Waals surface area contributed by atoms with E-state index in [0.29, 0.717) is 11.5 Å². The number of likely N-dealkylation sites (N-methyl/N-ethyl adjacent to an activating group) is 1. The van der Waals surface area contributed by atoms with Gasteiger partial charge in [-0.15, -0.1) is 0 Å². The van der Waals surface area contributed by atoms with Crippen molar-refractivity contribution >= 4 is 44.7 Å². The first-order valence-corrected chi connectivity index (χ1v) is 7.17. The number of benzene rings is 1. The quantitative estimate of drug-likeness (QED) is 0.805. The highest BCUT2D eigenvalue weighted by atomic mass is 79.9. The van der Waals surface area contributed by atoms with Gasteiger partial charge in [0.15, 0.2) is 0 Å². The summed E-state index contributed by atoms with van der Waals surface area (Å²) in [6.07, 6.45) is 0. The number of amides is 1. The van der Waals surface area contributed by atoms with Gasteiger partial charge >= 0.3 is 0 Å². The summed E-state index contributed by atoms with van der Waals surface area (Å²) in [5.74, 6) is 0.0271. The summed E-state index contributed by atoms with van der Waals surface area (Å²) in [6, 6.07) is 5.24. The molecule has 19 heavy (non-hydrogen) atoms. The van der Waals surface area contributed by atoms with E-state index < -0.39 is 0 Å². The Balaban J connectivity index is 2.93. The predicted octanol–water partition coefficient (Wildman–Crippen LogP) is 2.36. The molecule has 0 spiro atoms. The summed E-state index contributed by atoms with van der Waals surface area (Å²) in [5.41, 5.74) is 7.19. The van der Waals surface area contributed by atoms with E-state index >= 15 is 0 Å². The average molecular weight is 344 g/mol.